The fourth-order valence-electron chi connectivity index (χ4n) is 1.61. The Morgan fingerprint density at radius 2 is 1.93 bits per heavy atom. The van der Waals surface area contributed by atoms with Crippen molar-refractivity contribution in [2.75, 3.05) is 26.5 Å². The van der Waals surface area contributed by atoms with Crippen LogP contribution in [0.25, 0.3) is 0 Å². The summed E-state index contributed by atoms with van der Waals surface area (Å²) in [6.07, 6.45) is 2.68. The number of nitrogens with one attached hydrogen (secondary N) is 1. The molecule has 0 saturated carbocycles. The predicted molar refractivity (Wildman–Crippen MR) is 60.3 cm³/mol. The molecule has 1 atom stereocenters. The van der Waals surface area contributed by atoms with E-state index in [1.165, 1.54) is 13.4 Å². The van der Waals surface area contributed by atoms with Gasteiger partial charge in [0.2, 0.25) is 0 Å². The average molecular weight is 257 g/mol. The summed E-state index contributed by atoms with van der Waals surface area (Å²) in [5.74, 6) is -0.282. The second-order valence-electron chi connectivity index (χ2n) is 3.53. The molecule has 0 radical (unpaired) electrons. The van der Waals surface area contributed by atoms with Crippen LogP contribution in [0.5, 0.6) is 0 Å². The molecule has 1 rings (SSSR count). The highest BCUT2D eigenvalue weighted by atomic mass is 35.5. The highest BCUT2D eigenvalue weighted by molar-refractivity contribution is 7.89. The molecular weight excluding hydrogens is 240 g/mol. The van der Waals surface area contributed by atoms with E-state index in [1.807, 2.05) is 0 Å². The average Bonchev–Trinajstić information content (AvgIpc) is 2.15. The van der Waals surface area contributed by atoms with Crippen molar-refractivity contribution < 1.29 is 13.7 Å². The molecule has 0 aliphatic carbocycles. The topological polar surface area (TPSA) is 70.5 Å². The number of methoxy groups -OCH3 is 1. The second kappa shape index (κ2) is 5.67. The van der Waals surface area contributed by atoms with Crippen LogP contribution in [0.15, 0.2) is 0 Å². The number of rotatable bonds is 2. The molecular formula is C8H17ClN2O3S. The van der Waals surface area contributed by atoms with E-state index in [4.69, 9.17) is 4.78 Å². The molecule has 1 N–H and O–H groups in total. The molecule has 0 spiro atoms. The maximum absolute atomic E-state index is 11.4. The zero-order valence-electron chi connectivity index (χ0n) is 8.89. The summed E-state index contributed by atoms with van der Waals surface area (Å²) in [5, 5.41) is 0. The molecule has 7 heteroatoms. The van der Waals surface area contributed by atoms with Crippen molar-refractivity contribution in [1.82, 2.24) is 4.31 Å². The minimum Gasteiger partial charge on any atom is -0.469 e. The van der Waals surface area contributed by atoms with Crippen LogP contribution >= 0.6 is 12.4 Å². The fraction of sp³-hybridized carbons (Fsp3) is 0.875. The van der Waals surface area contributed by atoms with Gasteiger partial charge in [0.25, 0.3) is 0 Å². The summed E-state index contributed by atoms with van der Waals surface area (Å²) in [6.45, 7) is 1.08. The lowest BCUT2D eigenvalue weighted by Gasteiger charge is -2.30. The van der Waals surface area contributed by atoms with E-state index < -0.39 is 9.92 Å². The Hall–Kier alpha value is -0.330. The number of esters is 1. The molecule has 0 aromatic heterocycles. The van der Waals surface area contributed by atoms with E-state index in [9.17, 15) is 9.00 Å². The predicted octanol–water partition coefficient (Wildman–Crippen LogP) is 0.885. The Bertz CT molecular complexity index is 310. The third kappa shape index (κ3) is 3.96. The summed E-state index contributed by atoms with van der Waals surface area (Å²) in [5.41, 5.74) is 0. The Balaban J connectivity index is 0.00000196. The lowest BCUT2D eigenvalue weighted by molar-refractivity contribution is -0.146. The van der Waals surface area contributed by atoms with E-state index in [-0.39, 0.29) is 24.3 Å². The van der Waals surface area contributed by atoms with Gasteiger partial charge in [0.15, 0.2) is 0 Å². The first kappa shape index (κ1) is 14.7. The normalized spacial score (nSPS) is 22.5. The Labute approximate surface area is 96.7 Å². The SMILES string of the molecule is COC(=O)C1CCN(S(C)(=N)=O)CC1.Cl. The quantitative estimate of drug-likeness (QED) is 0.746. The number of halogens is 1. The van der Waals surface area contributed by atoms with Crippen LogP contribution in [0.1, 0.15) is 12.8 Å². The number of hydrogen-bond acceptors (Lipinski definition) is 4. The third-order valence-electron chi connectivity index (χ3n) is 2.48. The van der Waals surface area contributed by atoms with E-state index in [2.05, 4.69) is 4.74 Å². The van der Waals surface area contributed by atoms with Crippen LogP contribution < -0.4 is 0 Å². The first-order valence-electron chi connectivity index (χ1n) is 4.52. The maximum atomic E-state index is 11.4. The van der Waals surface area contributed by atoms with E-state index in [1.54, 1.807) is 4.31 Å². The van der Waals surface area contributed by atoms with Crippen LogP contribution in [0, 0.1) is 10.7 Å². The summed E-state index contributed by atoms with van der Waals surface area (Å²) in [6, 6.07) is 0. The molecule has 1 aliphatic heterocycles. The van der Waals surface area contributed by atoms with Crippen LogP contribution in [-0.4, -0.2) is 40.9 Å². The number of ether oxygens (including phenoxy) is 1. The minimum absolute atomic E-state index is 0. The van der Waals surface area contributed by atoms with Gasteiger partial charge in [0.1, 0.15) is 9.92 Å². The molecule has 90 valence electrons. The molecule has 1 saturated heterocycles. The number of hydrogen-bond donors (Lipinski definition) is 1. The second-order valence-corrected chi connectivity index (χ2v) is 5.65. The molecule has 15 heavy (non-hydrogen) atoms. The zero-order chi connectivity index (χ0) is 10.8. The number of carbonyl (C=O) groups is 1. The van der Waals surface area contributed by atoms with Crippen molar-refractivity contribution in [2.24, 2.45) is 5.92 Å². The van der Waals surface area contributed by atoms with Crippen LogP contribution in [-0.2, 0) is 19.4 Å². The van der Waals surface area contributed by atoms with E-state index >= 15 is 0 Å². The Morgan fingerprint density at radius 3 is 2.27 bits per heavy atom. The van der Waals surface area contributed by atoms with E-state index in [0.717, 1.165) is 0 Å². The summed E-state index contributed by atoms with van der Waals surface area (Å²) < 4.78 is 25.0. The lowest BCUT2D eigenvalue weighted by atomic mass is 9.99. The highest BCUT2D eigenvalue weighted by Gasteiger charge is 2.27. The number of nitrogens with zero attached hydrogens (tertiary/aromatic N) is 1. The molecule has 1 unspecified atom stereocenters. The fourth-order valence-corrected chi connectivity index (χ4v) is 2.51. The van der Waals surface area contributed by atoms with Gasteiger partial charge in [0, 0.05) is 19.3 Å². The molecule has 1 heterocycles. The summed E-state index contributed by atoms with van der Waals surface area (Å²) >= 11 is 0. The van der Waals surface area contributed by atoms with Crippen molar-refractivity contribution in [3.63, 3.8) is 0 Å². The monoisotopic (exact) mass is 256 g/mol. The summed E-state index contributed by atoms with van der Waals surface area (Å²) in [7, 11) is -1.22. The molecule has 5 nitrogen and oxygen atoms in total. The Kier molecular flexibility index (Phi) is 5.55. The van der Waals surface area contributed by atoms with Gasteiger partial charge in [0.05, 0.1) is 13.0 Å². The van der Waals surface area contributed by atoms with Crippen molar-refractivity contribution >= 4 is 28.3 Å². The van der Waals surface area contributed by atoms with Gasteiger partial charge >= 0.3 is 5.97 Å². The third-order valence-corrected chi connectivity index (χ3v) is 3.83. The van der Waals surface area contributed by atoms with Crippen molar-refractivity contribution in [2.45, 2.75) is 12.8 Å². The van der Waals surface area contributed by atoms with Crippen molar-refractivity contribution in [3.05, 3.63) is 0 Å². The van der Waals surface area contributed by atoms with Crippen LogP contribution in [0.3, 0.4) is 0 Å². The maximum Gasteiger partial charge on any atom is 0.308 e. The lowest BCUT2D eigenvalue weighted by Crippen LogP contribution is -2.39. The van der Waals surface area contributed by atoms with E-state index in [0.29, 0.717) is 25.9 Å². The molecule has 0 bridgehead atoms. The van der Waals surface area contributed by atoms with Gasteiger partial charge in [-0.2, -0.15) is 0 Å². The number of piperidine rings is 1. The van der Waals surface area contributed by atoms with Crippen LogP contribution in [0.2, 0.25) is 0 Å². The van der Waals surface area contributed by atoms with Crippen molar-refractivity contribution in [3.8, 4) is 0 Å². The van der Waals surface area contributed by atoms with Crippen LogP contribution in [0.4, 0.5) is 0 Å². The molecule has 1 fully saturated rings. The Morgan fingerprint density at radius 1 is 1.47 bits per heavy atom. The van der Waals surface area contributed by atoms with Gasteiger partial charge in [-0.15, -0.1) is 12.4 Å². The van der Waals surface area contributed by atoms with Gasteiger partial charge < -0.3 is 4.74 Å². The van der Waals surface area contributed by atoms with Gasteiger partial charge in [-0.25, -0.2) is 13.3 Å². The number of carbonyl (C=O) groups excluding carboxylic acids is 1. The highest BCUT2D eigenvalue weighted by Crippen LogP contribution is 2.20. The standard InChI is InChI=1S/C8H16N2O3S.ClH/c1-13-8(11)7-3-5-10(6-4-7)14(2,9)12;/h7,9H,3-6H2,1-2H3;1H. The molecule has 0 amide bonds. The molecule has 0 aromatic rings. The van der Waals surface area contributed by atoms with Gasteiger partial charge in [-0.05, 0) is 12.8 Å². The minimum atomic E-state index is -2.60. The van der Waals surface area contributed by atoms with Gasteiger partial charge in [-0.1, -0.05) is 0 Å². The largest absolute Gasteiger partial charge is 0.469 e. The first-order valence-corrected chi connectivity index (χ1v) is 6.44. The zero-order valence-corrected chi connectivity index (χ0v) is 10.5. The van der Waals surface area contributed by atoms with Crippen molar-refractivity contribution in [1.29, 1.82) is 4.78 Å². The smallest absolute Gasteiger partial charge is 0.308 e. The van der Waals surface area contributed by atoms with Gasteiger partial charge in [-0.3, -0.25) is 4.79 Å². The molecule has 1 aliphatic rings. The summed E-state index contributed by atoms with van der Waals surface area (Å²) in [4.78, 5) is 11.2. The first-order chi connectivity index (χ1) is 6.45. The molecule has 0 aromatic carbocycles.